The second-order valence-electron chi connectivity index (χ2n) is 10.4. The predicted molar refractivity (Wildman–Crippen MR) is 161 cm³/mol. The molecular formula is C34H34FN3O4. The van der Waals surface area contributed by atoms with Crippen LogP contribution in [-0.4, -0.2) is 40.1 Å². The minimum Gasteiger partial charge on any atom is -0.493 e. The lowest BCUT2D eigenvalue weighted by atomic mass is 9.97. The SMILES string of the molecule is CCOC(=O)c1c(CCCOc2cccc3ccccc23)c2ccc(F)c3c2n1C/C=C\COCc1c-3c(C)nn1C. The van der Waals surface area contributed by atoms with E-state index < -0.39 is 5.97 Å². The lowest BCUT2D eigenvalue weighted by Crippen LogP contribution is -2.14. The number of carbonyl (C=O) groups is 1. The van der Waals surface area contributed by atoms with Crippen LogP contribution in [0.15, 0.2) is 66.7 Å². The summed E-state index contributed by atoms with van der Waals surface area (Å²) in [5.41, 5.74) is 4.54. The Morgan fingerprint density at radius 1 is 1.05 bits per heavy atom. The van der Waals surface area contributed by atoms with Gasteiger partial charge in [0.15, 0.2) is 0 Å². The van der Waals surface area contributed by atoms with E-state index in [9.17, 15) is 4.79 Å². The number of esters is 1. The highest BCUT2D eigenvalue weighted by Gasteiger charge is 2.29. The molecule has 2 aromatic heterocycles. The molecule has 0 fully saturated rings. The van der Waals surface area contributed by atoms with Crippen LogP contribution in [0.25, 0.3) is 32.8 Å². The maximum Gasteiger partial charge on any atom is 0.355 e. The topological polar surface area (TPSA) is 67.5 Å². The van der Waals surface area contributed by atoms with Crippen LogP contribution in [0, 0.1) is 12.7 Å². The number of aromatic nitrogens is 3. The summed E-state index contributed by atoms with van der Waals surface area (Å²) in [6, 6.07) is 17.4. The van der Waals surface area contributed by atoms with Crippen LogP contribution < -0.4 is 4.74 Å². The van der Waals surface area contributed by atoms with Gasteiger partial charge in [-0.2, -0.15) is 5.10 Å². The zero-order chi connectivity index (χ0) is 29.2. The fourth-order valence-electron chi connectivity index (χ4n) is 6.02. The Bertz CT molecular complexity index is 1810. The fourth-order valence-corrected chi connectivity index (χ4v) is 6.02. The highest BCUT2D eigenvalue weighted by molar-refractivity contribution is 6.05. The van der Waals surface area contributed by atoms with Crippen molar-refractivity contribution in [3.05, 3.63) is 95.2 Å². The number of benzene rings is 3. The summed E-state index contributed by atoms with van der Waals surface area (Å²) >= 11 is 0. The Labute approximate surface area is 244 Å². The third-order valence-electron chi connectivity index (χ3n) is 7.82. The number of carbonyl (C=O) groups excluding carboxylic acids is 1. The molecule has 0 amide bonds. The minimum atomic E-state index is -0.423. The largest absolute Gasteiger partial charge is 0.493 e. The number of nitrogens with zero attached hydrogens (tertiary/aromatic N) is 3. The smallest absolute Gasteiger partial charge is 0.355 e. The minimum absolute atomic E-state index is 0.237. The normalized spacial score (nSPS) is 14.0. The molecule has 0 unspecified atom stereocenters. The zero-order valence-electron chi connectivity index (χ0n) is 24.2. The highest BCUT2D eigenvalue weighted by Crippen LogP contribution is 2.40. The van der Waals surface area contributed by atoms with Crippen LogP contribution in [0.3, 0.4) is 0 Å². The lowest BCUT2D eigenvalue weighted by Gasteiger charge is -2.13. The summed E-state index contributed by atoms with van der Waals surface area (Å²) in [5, 5.41) is 7.60. The van der Waals surface area contributed by atoms with E-state index in [-0.39, 0.29) is 19.0 Å². The van der Waals surface area contributed by atoms with Crippen molar-refractivity contribution in [3.8, 4) is 16.9 Å². The van der Waals surface area contributed by atoms with Crippen LogP contribution in [-0.2, 0) is 36.1 Å². The molecule has 216 valence electrons. The van der Waals surface area contributed by atoms with Crippen molar-refractivity contribution in [3.63, 3.8) is 0 Å². The zero-order valence-corrected chi connectivity index (χ0v) is 24.2. The monoisotopic (exact) mass is 567 g/mol. The first-order valence-electron chi connectivity index (χ1n) is 14.4. The molecular weight excluding hydrogens is 533 g/mol. The van der Waals surface area contributed by atoms with Gasteiger partial charge in [0.05, 0.1) is 43.3 Å². The van der Waals surface area contributed by atoms with Crippen LogP contribution in [0.4, 0.5) is 4.39 Å². The highest BCUT2D eigenvalue weighted by atomic mass is 19.1. The van der Waals surface area contributed by atoms with Gasteiger partial charge >= 0.3 is 5.97 Å². The predicted octanol–water partition coefficient (Wildman–Crippen LogP) is 6.92. The summed E-state index contributed by atoms with van der Waals surface area (Å²) in [4.78, 5) is 13.5. The standard InChI is InChI=1S/C34H34FN3O4/c1-4-41-34(39)33-25(14-10-20-42-29-15-9-12-23-11-5-6-13-24(23)29)26-16-17-27(35)31-30-22(2)36-37(3)28(30)21-40-19-8-7-18-38(33)32(26)31/h5-9,11-13,15-17H,4,10,14,18-21H2,1-3H3/b8-7-. The van der Waals surface area contributed by atoms with Gasteiger partial charge in [0.1, 0.15) is 17.3 Å². The molecule has 0 aliphatic carbocycles. The Kier molecular flexibility index (Phi) is 7.80. The lowest BCUT2D eigenvalue weighted by molar-refractivity contribution is 0.0513. The number of rotatable bonds is 7. The van der Waals surface area contributed by atoms with E-state index in [2.05, 4.69) is 23.3 Å². The molecule has 0 bridgehead atoms. The molecule has 1 aliphatic heterocycles. The van der Waals surface area contributed by atoms with Gasteiger partial charge in [-0.05, 0) is 55.8 Å². The van der Waals surface area contributed by atoms with Crippen molar-refractivity contribution in [2.75, 3.05) is 19.8 Å². The third-order valence-corrected chi connectivity index (χ3v) is 7.82. The molecule has 3 heterocycles. The summed E-state index contributed by atoms with van der Waals surface area (Å²) in [6.45, 7) is 5.40. The number of aryl methyl sites for hydroxylation is 3. The van der Waals surface area contributed by atoms with Crippen molar-refractivity contribution in [1.29, 1.82) is 0 Å². The van der Waals surface area contributed by atoms with E-state index >= 15 is 4.39 Å². The molecule has 7 nitrogen and oxygen atoms in total. The quantitative estimate of drug-likeness (QED) is 0.121. The van der Waals surface area contributed by atoms with Crippen molar-refractivity contribution in [2.24, 2.45) is 7.05 Å². The summed E-state index contributed by atoms with van der Waals surface area (Å²) in [6.07, 6.45) is 5.08. The molecule has 42 heavy (non-hydrogen) atoms. The third kappa shape index (κ3) is 4.96. The van der Waals surface area contributed by atoms with Gasteiger partial charge in [0.25, 0.3) is 0 Å². The van der Waals surface area contributed by atoms with Gasteiger partial charge in [-0.25, -0.2) is 9.18 Å². The molecule has 0 atom stereocenters. The van der Waals surface area contributed by atoms with E-state index in [0.717, 1.165) is 33.2 Å². The average Bonchev–Trinajstić information content (AvgIpc) is 3.43. The van der Waals surface area contributed by atoms with Crippen LogP contribution in [0.2, 0.25) is 0 Å². The molecule has 0 radical (unpaired) electrons. The first-order chi connectivity index (χ1) is 20.5. The van der Waals surface area contributed by atoms with Gasteiger partial charge in [0.2, 0.25) is 0 Å². The Morgan fingerprint density at radius 2 is 1.88 bits per heavy atom. The number of hydrogen-bond donors (Lipinski definition) is 0. The van der Waals surface area contributed by atoms with Crippen molar-refractivity contribution in [2.45, 2.75) is 39.8 Å². The van der Waals surface area contributed by atoms with Crippen LogP contribution in [0.1, 0.15) is 40.8 Å². The first-order valence-corrected chi connectivity index (χ1v) is 14.4. The van der Waals surface area contributed by atoms with Crippen LogP contribution in [0.5, 0.6) is 5.75 Å². The van der Waals surface area contributed by atoms with Crippen molar-refractivity contribution >= 4 is 27.6 Å². The summed E-state index contributed by atoms with van der Waals surface area (Å²) < 4.78 is 37.2. The van der Waals surface area contributed by atoms with Gasteiger partial charge in [-0.1, -0.05) is 48.6 Å². The molecule has 6 rings (SSSR count). The van der Waals surface area contributed by atoms with E-state index in [1.54, 1.807) is 17.7 Å². The molecule has 5 aromatic rings. The molecule has 0 saturated carbocycles. The van der Waals surface area contributed by atoms with E-state index in [1.807, 2.05) is 55.0 Å². The second-order valence-corrected chi connectivity index (χ2v) is 10.4. The summed E-state index contributed by atoms with van der Waals surface area (Å²) in [5.74, 6) is 0.0302. The molecule has 3 aromatic carbocycles. The van der Waals surface area contributed by atoms with E-state index in [4.69, 9.17) is 14.2 Å². The number of fused-ring (bicyclic) bond motifs is 3. The molecule has 0 N–H and O–H groups in total. The average molecular weight is 568 g/mol. The molecule has 8 heteroatoms. The number of ether oxygens (including phenoxy) is 3. The van der Waals surface area contributed by atoms with Gasteiger partial charge < -0.3 is 18.8 Å². The van der Waals surface area contributed by atoms with Gasteiger partial charge in [-0.3, -0.25) is 4.68 Å². The Morgan fingerprint density at radius 3 is 2.74 bits per heavy atom. The van der Waals surface area contributed by atoms with E-state index in [0.29, 0.717) is 60.6 Å². The van der Waals surface area contributed by atoms with Gasteiger partial charge in [0, 0.05) is 35.5 Å². The summed E-state index contributed by atoms with van der Waals surface area (Å²) in [7, 11) is 1.84. The maximum atomic E-state index is 15.9. The molecule has 0 saturated heterocycles. The van der Waals surface area contributed by atoms with Crippen LogP contribution >= 0.6 is 0 Å². The first kappa shape index (κ1) is 27.7. The second kappa shape index (κ2) is 11.8. The Hall–Kier alpha value is -4.43. The number of halogens is 1. The fraction of sp³-hybridized carbons (Fsp3) is 0.294. The van der Waals surface area contributed by atoms with Crippen molar-refractivity contribution in [1.82, 2.24) is 14.3 Å². The maximum absolute atomic E-state index is 15.9. The number of allylic oxidation sites excluding steroid dienone is 1. The van der Waals surface area contributed by atoms with Crippen molar-refractivity contribution < 1.29 is 23.4 Å². The van der Waals surface area contributed by atoms with E-state index in [1.165, 1.54) is 6.07 Å². The number of hydrogen-bond acceptors (Lipinski definition) is 5. The molecule has 0 spiro atoms. The Balaban J connectivity index is 1.46. The molecule has 1 aliphatic rings. The van der Waals surface area contributed by atoms with Gasteiger partial charge in [-0.15, -0.1) is 0 Å².